The Morgan fingerprint density at radius 2 is 2.00 bits per heavy atom. The predicted octanol–water partition coefficient (Wildman–Crippen LogP) is 0.283. The van der Waals surface area contributed by atoms with Crippen LogP contribution in [0, 0.1) is 0 Å². The maximum absolute atomic E-state index is 9.74. The predicted molar refractivity (Wildman–Crippen MR) is 28.6 cm³/mol. The summed E-state index contributed by atoms with van der Waals surface area (Å²) in [6, 6.07) is 0. The molecule has 0 aromatic carbocycles. The summed E-state index contributed by atoms with van der Waals surface area (Å²) in [7, 11) is 3.61. The summed E-state index contributed by atoms with van der Waals surface area (Å²) in [5.74, 6) is 1.76. The maximum Gasteiger partial charge on any atom is 0.145 e. The van der Waals surface area contributed by atoms with E-state index in [4.69, 9.17) is 0 Å². The van der Waals surface area contributed by atoms with Gasteiger partial charge in [-0.3, -0.25) is 0 Å². The highest BCUT2D eigenvalue weighted by atomic mass is 16.1. The molecular formula is C5H9NO. The first-order valence-corrected chi connectivity index (χ1v) is 2.07. The van der Waals surface area contributed by atoms with Gasteiger partial charge in [-0.2, -0.15) is 0 Å². The van der Waals surface area contributed by atoms with Gasteiger partial charge in [0, 0.05) is 14.1 Å². The van der Waals surface area contributed by atoms with E-state index in [-0.39, 0.29) is 0 Å². The molecule has 0 fully saturated rings. The first-order chi connectivity index (χ1) is 3.18. The summed E-state index contributed by atoms with van der Waals surface area (Å²) < 4.78 is 0. The van der Waals surface area contributed by atoms with Crippen molar-refractivity contribution < 1.29 is 4.79 Å². The average molecular weight is 99.1 g/mol. The van der Waals surface area contributed by atoms with E-state index in [9.17, 15) is 4.79 Å². The van der Waals surface area contributed by atoms with Gasteiger partial charge in [0.2, 0.25) is 0 Å². The van der Waals surface area contributed by atoms with Gasteiger partial charge in [0.15, 0.2) is 0 Å². The van der Waals surface area contributed by atoms with Crippen LogP contribution < -0.4 is 0 Å². The fourth-order valence-corrected chi connectivity index (χ4v) is 0.0913. The van der Waals surface area contributed by atoms with Gasteiger partial charge in [-0.15, -0.1) is 0 Å². The van der Waals surface area contributed by atoms with E-state index < -0.39 is 0 Å². The molecule has 40 valence electrons. The van der Waals surface area contributed by atoms with E-state index in [2.05, 4.69) is 0 Å². The smallest absolute Gasteiger partial charge is 0.145 e. The molecule has 0 unspecified atom stereocenters. The van der Waals surface area contributed by atoms with Gasteiger partial charge >= 0.3 is 0 Å². The highest BCUT2D eigenvalue weighted by Gasteiger charge is 1.85. The van der Waals surface area contributed by atoms with E-state index in [0.717, 1.165) is 0 Å². The first kappa shape index (κ1) is 6.25. The second kappa shape index (κ2) is 2.43. The maximum atomic E-state index is 9.74. The van der Waals surface area contributed by atoms with Crippen molar-refractivity contribution in [2.45, 2.75) is 6.92 Å². The normalized spacial score (nSPS) is 7.29. The van der Waals surface area contributed by atoms with E-state index in [1.165, 1.54) is 0 Å². The number of hydrogen-bond donors (Lipinski definition) is 0. The third kappa shape index (κ3) is 2.01. The van der Waals surface area contributed by atoms with Crippen molar-refractivity contribution in [3.63, 3.8) is 0 Å². The van der Waals surface area contributed by atoms with Gasteiger partial charge in [-0.05, 0) is 6.92 Å². The molecule has 0 saturated carbocycles. The molecule has 0 spiro atoms. The van der Waals surface area contributed by atoms with Crippen LogP contribution in [0.3, 0.4) is 0 Å². The summed E-state index contributed by atoms with van der Waals surface area (Å²) in [5, 5.41) is 0. The van der Waals surface area contributed by atoms with Crippen LogP contribution in [0.25, 0.3) is 0 Å². The lowest BCUT2D eigenvalue weighted by atomic mass is 10.5. The second-order valence-corrected chi connectivity index (χ2v) is 1.58. The lowest BCUT2D eigenvalue weighted by Gasteiger charge is -2.05. The zero-order chi connectivity index (χ0) is 5.86. The third-order valence-corrected chi connectivity index (χ3v) is 0.819. The van der Waals surface area contributed by atoms with Gasteiger partial charge in [0.1, 0.15) is 5.94 Å². The fourth-order valence-electron chi connectivity index (χ4n) is 0.0913. The zero-order valence-electron chi connectivity index (χ0n) is 4.86. The first-order valence-electron chi connectivity index (χ1n) is 2.07. The van der Waals surface area contributed by atoms with Crippen LogP contribution in [0.4, 0.5) is 0 Å². The Kier molecular flexibility index (Phi) is 2.17. The van der Waals surface area contributed by atoms with Crippen LogP contribution in [0.2, 0.25) is 0 Å². The standard InChI is InChI=1S/C5H9NO/c1-5(4-7)6(2)3/h1-3H3. The lowest BCUT2D eigenvalue weighted by molar-refractivity contribution is 0.503. The van der Waals surface area contributed by atoms with Crippen LogP contribution in [0.15, 0.2) is 5.70 Å². The molecule has 0 aromatic rings. The molecule has 0 aliphatic rings. The third-order valence-electron chi connectivity index (χ3n) is 0.819. The zero-order valence-corrected chi connectivity index (χ0v) is 4.86. The summed E-state index contributed by atoms with van der Waals surface area (Å²) in [4.78, 5) is 11.5. The Morgan fingerprint density at radius 1 is 1.57 bits per heavy atom. The fraction of sp³-hybridized carbons (Fsp3) is 0.600. The van der Waals surface area contributed by atoms with Crippen molar-refractivity contribution >= 4 is 5.94 Å². The van der Waals surface area contributed by atoms with E-state index in [1.54, 1.807) is 31.9 Å². The summed E-state index contributed by atoms with van der Waals surface area (Å²) in [6.07, 6.45) is 0. The molecule has 0 aliphatic carbocycles. The molecule has 0 aromatic heterocycles. The monoisotopic (exact) mass is 99.1 g/mol. The quantitative estimate of drug-likeness (QED) is 0.440. The van der Waals surface area contributed by atoms with E-state index in [0.29, 0.717) is 5.70 Å². The van der Waals surface area contributed by atoms with Gasteiger partial charge in [0.25, 0.3) is 0 Å². The van der Waals surface area contributed by atoms with Crippen molar-refractivity contribution in [2.24, 2.45) is 0 Å². The van der Waals surface area contributed by atoms with Crippen molar-refractivity contribution in [3.05, 3.63) is 5.70 Å². The number of hydrogen-bond acceptors (Lipinski definition) is 2. The van der Waals surface area contributed by atoms with Crippen molar-refractivity contribution in [1.82, 2.24) is 4.90 Å². The van der Waals surface area contributed by atoms with E-state index in [1.807, 2.05) is 0 Å². The minimum Gasteiger partial charge on any atom is -0.372 e. The van der Waals surface area contributed by atoms with Crippen molar-refractivity contribution in [1.29, 1.82) is 0 Å². The van der Waals surface area contributed by atoms with Gasteiger partial charge in [-0.25, -0.2) is 4.79 Å². The SMILES string of the molecule is CC(=C=O)N(C)C. The molecule has 0 rings (SSSR count). The lowest BCUT2D eigenvalue weighted by Crippen LogP contribution is -2.07. The van der Waals surface area contributed by atoms with Crippen LogP contribution in [0.5, 0.6) is 0 Å². The second-order valence-electron chi connectivity index (χ2n) is 1.58. The van der Waals surface area contributed by atoms with Crippen molar-refractivity contribution in [3.8, 4) is 0 Å². The van der Waals surface area contributed by atoms with Gasteiger partial charge in [0.05, 0.1) is 5.70 Å². The van der Waals surface area contributed by atoms with Crippen LogP contribution in [0.1, 0.15) is 6.92 Å². The number of carbonyl (C=O) groups excluding carboxylic acids is 1. The molecule has 0 saturated heterocycles. The molecule has 0 heterocycles. The average Bonchev–Trinajstić information content (AvgIpc) is 1.65. The molecule has 0 aliphatic heterocycles. The molecule has 7 heavy (non-hydrogen) atoms. The Bertz CT molecular complexity index is 101. The summed E-state index contributed by atoms with van der Waals surface area (Å²) in [5.41, 5.74) is 0.625. The Morgan fingerprint density at radius 3 is 2.00 bits per heavy atom. The Hall–Kier alpha value is -0.750. The minimum atomic E-state index is 0.625. The number of nitrogens with zero attached hydrogens (tertiary/aromatic N) is 1. The largest absolute Gasteiger partial charge is 0.372 e. The van der Waals surface area contributed by atoms with Gasteiger partial charge < -0.3 is 4.90 Å². The highest BCUT2D eigenvalue weighted by Crippen LogP contribution is 1.85. The van der Waals surface area contributed by atoms with Gasteiger partial charge in [-0.1, -0.05) is 0 Å². The number of rotatable bonds is 1. The van der Waals surface area contributed by atoms with Crippen molar-refractivity contribution in [2.75, 3.05) is 14.1 Å². The van der Waals surface area contributed by atoms with Crippen LogP contribution >= 0.6 is 0 Å². The number of allylic oxidation sites excluding steroid dienone is 1. The summed E-state index contributed by atoms with van der Waals surface area (Å²) in [6.45, 7) is 1.72. The van der Waals surface area contributed by atoms with E-state index >= 15 is 0 Å². The molecule has 2 nitrogen and oxygen atoms in total. The minimum absolute atomic E-state index is 0.625. The molecular weight excluding hydrogens is 90.1 g/mol. The molecule has 0 amide bonds. The van der Waals surface area contributed by atoms with Crippen LogP contribution in [-0.4, -0.2) is 24.9 Å². The van der Waals surface area contributed by atoms with Crippen LogP contribution in [-0.2, 0) is 4.79 Å². The Labute approximate surface area is 43.4 Å². The Balaban J connectivity index is 3.81. The molecule has 0 N–H and O–H groups in total. The molecule has 0 atom stereocenters. The highest BCUT2D eigenvalue weighted by molar-refractivity contribution is 5.50. The summed E-state index contributed by atoms with van der Waals surface area (Å²) >= 11 is 0. The topological polar surface area (TPSA) is 20.3 Å². The molecule has 0 radical (unpaired) electrons. The molecule has 2 heteroatoms. The molecule has 0 bridgehead atoms.